The Hall–Kier alpha value is -2.44. The second-order valence-electron chi connectivity index (χ2n) is 3.91. The summed E-state index contributed by atoms with van der Waals surface area (Å²) in [5, 5.41) is 0. The molecule has 0 fully saturated rings. The number of hydrogen-bond donors (Lipinski definition) is 1. The molecule has 0 bridgehead atoms. The van der Waals surface area contributed by atoms with Gasteiger partial charge in [-0.15, -0.1) is 0 Å². The Labute approximate surface area is 105 Å². The molecule has 0 atom stereocenters. The molecule has 1 N–H and O–H groups in total. The van der Waals surface area contributed by atoms with Crippen molar-refractivity contribution in [3.05, 3.63) is 42.4 Å². The standard InChI is InChI=1S/C12H7F3N4/c13-12(14,15)7-1-2-9(17-5-7)11-18-8-3-4-16-6-10(8)19-11/h1-6H,(H,18,19). The van der Waals surface area contributed by atoms with E-state index < -0.39 is 11.7 Å². The van der Waals surface area contributed by atoms with E-state index in [9.17, 15) is 13.2 Å². The highest BCUT2D eigenvalue weighted by Gasteiger charge is 2.30. The molecule has 0 saturated heterocycles. The van der Waals surface area contributed by atoms with Gasteiger partial charge in [-0.2, -0.15) is 13.2 Å². The van der Waals surface area contributed by atoms with Crippen molar-refractivity contribution in [2.24, 2.45) is 0 Å². The van der Waals surface area contributed by atoms with Crippen molar-refractivity contribution in [3.8, 4) is 11.5 Å². The van der Waals surface area contributed by atoms with E-state index in [0.717, 1.165) is 12.3 Å². The number of aromatic nitrogens is 4. The monoisotopic (exact) mass is 264 g/mol. The van der Waals surface area contributed by atoms with Crippen LogP contribution in [0.3, 0.4) is 0 Å². The van der Waals surface area contributed by atoms with Crippen molar-refractivity contribution in [1.29, 1.82) is 0 Å². The van der Waals surface area contributed by atoms with Crippen LogP contribution < -0.4 is 0 Å². The van der Waals surface area contributed by atoms with Gasteiger partial charge in [0.15, 0.2) is 5.82 Å². The summed E-state index contributed by atoms with van der Waals surface area (Å²) in [6, 6.07) is 3.97. The van der Waals surface area contributed by atoms with Gasteiger partial charge < -0.3 is 4.98 Å². The predicted molar refractivity (Wildman–Crippen MR) is 62.1 cm³/mol. The van der Waals surface area contributed by atoms with Gasteiger partial charge >= 0.3 is 6.18 Å². The summed E-state index contributed by atoms with van der Waals surface area (Å²) in [5.41, 5.74) is 0.962. The molecule has 0 spiro atoms. The van der Waals surface area contributed by atoms with Gasteiger partial charge in [0.1, 0.15) is 5.69 Å². The number of alkyl halides is 3. The van der Waals surface area contributed by atoms with Crippen LogP contribution in [0.1, 0.15) is 5.56 Å². The largest absolute Gasteiger partial charge is 0.417 e. The molecule has 0 aliphatic heterocycles. The lowest BCUT2D eigenvalue weighted by molar-refractivity contribution is -0.137. The zero-order valence-electron chi connectivity index (χ0n) is 9.44. The Morgan fingerprint density at radius 3 is 2.53 bits per heavy atom. The molecule has 3 rings (SSSR count). The summed E-state index contributed by atoms with van der Waals surface area (Å²) in [4.78, 5) is 14.9. The van der Waals surface area contributed by atoms with Crippen LogP contribution in [-0.2, 0) is 6.18 Å². The van der Waals surface area contributed by atoms with Gasteiger partial charge in [-0.05, 0) is 18.2 Å². The first-order valence-corrected chi connectivity index (χ1v) is 5.37. The van der Waals surface area contributed by atoms with E-state index in [4.69, 9.17) is 0 Å². The quantitative estimate of drug-likeness (QED) is 0.735. The third-order valence-corrected chi connectivity index (χ3v) is 2.62. The van der Waals surface area contributed by atoms with E-state index in [1.807, 2.05) is 0 Å². The maximum Gasteiger partial charge on any atom is 0.417 e. The molecule has 19 heavy (non-hydrogen) atoms. The van der Waals surface area contributed by atoms with Crippen molar-refractivity contribution in [1.82, 2.24) is 19.9 Å². The SMILES string of the molecule is FC(F)(F)c1ccc(-c2nc3ccncc3[nH]2)nc1. The fourth-order valence-electron chi connectivity index (χ4n) is 1.68. The first-order valence-electron chi connectivity index (χ1n) is 5.37. The third kappa shape index (κ3) is 2.14. The summed E-state index contributed by atoms with van der Waals surface area (Å²) >= 11 is 0. The highest BCUT2D eigenvalue weighted by molar-refractivity contribution is 5.77. The number of imidazole rings is 1. The number of nitrogens with one attached hydrogen (secondary N) is 1. The number of halogens is 3. The molecule has 0 amide bonds. The van der Waals surface area contributed by atoms with Gasteiger partial charge in [-0.25, -0.2) is 4.98 Å². The van der Waals surface area contributed by atoms with Crippen LogP contribution in [-0.4, -0.2) is 19.9 Å². The Bertz CT molecular complexity index is 683. The molecule has 3 heterocycles. The summed E-state index contributed by atoms with van der Waals surface area (Å²) in [7, 11) is 0. The zero-order chi connectivity index (χ0) is 13.5. The smallest absolute Gasteiger partial charge is 0.335 e. The summed E-state index contributed by atoms with van der Waals surface area (Å²) < 4.78 is 37.3. The first-order chi connectivity index (χ1) is 9.04. The highest BCUT2D eigenvalue weighted by Crippen LogP contribution is 2.29. The van der Waals surface area contributed by atoms with Gasteiger partial charge in [-0.3, -0.25) is 9.97 Å². The fraction of sp³-hybridized carbons (Fsp3) is 0.0833. The molecule has 3 aromatic heterocycles. The third-order valence-electron chi connectivity index (χ3n) is 2.62. The van der Waals surface area contributed by atoms with Gasteiger partial charge in [0, 0.05) is 12.4 Å². The minimum absolute atomic E-state index is 0.351. The average molecular weight is 264 g/mol. The van der Waals surface area contributed by atoms with Crippen molar-refractivity contribution in [2.45, 2.75) is 6.18 Å². The molecular formula is C12H7F3N4. The average Bonchev–Trinajstić information content (AvgIpc) is 2.81. The number of nitrogens with zero attached hydrogens (tertiary/aromatic N) is 3. The number of fused-ring (bicyclic) bond motifs is 1. The molecular weight excluding hydrogens is 257 g/mol. The van der Waals surface area contributed by atoms with E-state index in [0.29, 0.717) is 22.6 Å². The minimum atomic E-state index is -4.39. The Kier molecular flexibility index (Phi) is 2.48. The van der Waals surface area contributed by atoms with Crippen LogP contribution in [0.25, 0.3) is 22.6 Å². The van der Waals surface area contributed by atoms with E-state index in [-0.39, 0.29) is 0 Å². The zero-order valence-corrected chi connectivity index (χ0v) is 9.44. The summed E-state index contributed by atoms with van der Waals surface area (Å²) in [6.07, 6.45) is -0.410. The van der Waals surface area contributed by atoms with Crippen LogP contribution >= 0.6 is 0 Å². The van der Waals surface area contributed by atoms with Crippen molar-refractivity contribution >= 4 is 11.0 Å². The first kappa shape index (κ1) is 11.6. The Balaban J connectivity index is 2.02. The number of H-pyrrole nitrogens is 1. The lowest BCUT2D eigenvalue weighted by atomic mass is 10.2. The van der Waals surface area contributed by atoms with Crippen LogP contribution in [0.5, 0.6) is 0 Å². The lowest BCUT2D eigenvalue weighted by Crippen LogP contribution is -2.05. The number of rotatable bonds is 1. The van der Waals surface area contributed by atoms with Gasteiger partial charge in [0.05, 0.1) is 22.8 Å². The molecule has 96 valence electrons. The fourth-order valence-corrected chi connectivity index (χ4v) is 1.68. The molecule has 0 aliphatic carbocycles. The molecule has 0 saturated carbocycles. The second-order valence-corrected chi connectivity index (χ2v) is 3.91. The van der Waals surface area contributed by atoms with E-state index in [1.54, 1.807) is 18.5 Å². The van der Waals surface area contributed by atoms with Crippen LogP contribution in [0.15, 0.2) is 36.8 Å². The summed E-state index contributed by atoms with van der Waals surface area (Å²) in [6.45, 7) is 0. The number of pyridine rings is 2. The molecule has 0 radical (unpaired) electrons. The minimum Gasteiger partial charge on any atom is -0.335 e. The van der Waals surface area contributed by atoms with E-state index in [2.05, 4.69) is 19.9 Å². The predicted octanol–water partition coefficient (Wildman–Crippen LogP) is 3.04. The molecule has 4 nitrogen and oxygen atoms in total. The summed E-state index contributed by atoms with van der Waals surface area (Å²) in [5.74, 6) is 0.414. The second kappa shape index (κ2) is 4.04. The topological polar surface area (TPSA) is 54.5 Å². The maximum absolute atomic E-state index is 12.4. The van der Waals surface area contributed by atoms with E-state index in [1.165, 1.54) is 6.07 Å². The van der Waals surface area contributed by atoms with Crippen LogP contribution in [0.2, 0.25) is 0 Å². The number of hydrogen-bond acceptors (Lipinski definition) is 3. The molecule has 0 aromatic carbocycles. The van der Waals surface area contributed by atoms with Crippen molar-refractivity contribution in [3.63, 3.8) is 0 Å². The molecule has 0 aliphatic rings. The highest BCUT2D eigenvalue weighted by atomic mass is 19.4. The normalized spacial score (nSPS) is 11.9. The van der Waals surface area contributed by atoms with Gasteiger partial charge in [-0.1, -0.05) is 0 Å². The van der Waals surface area contributed by atoms with Crippen LogP contribution in [0.4, 0.5) is 13.2 Å². The molecule has 3 aromatic rings. The Morgan fingerprint density at radius 2 is 1.89 bits per heavy atom. The van der Waals surface area contributed by atoms with Gasteiger partial charge in [0.2, 0.25) is 0 Å². The lowest BCUT2D eigenvalue weighted by Gasteiger charge is -2.05. The maximum atomic E-state index is 12.4. The van der Waals surface area contributed by atoms with E-state index >= 15 is 0 Å². The van der Waals surface area contributed by atoms with Crippen molar-refractivity contribution in [2.75, 3.05) is 0 Å². The Morgan fingerprint density at radius 1 is 1.05 bits per heavy atom. The molecule has 7 heteroatoms. The molecule has 0 unspecified atom stereocenters. The van der Waals surface area contributed by atoms with Gasteiger partial charge in [0.25, 0.3) is 0 Å². The van der Waals surface area contributed by atoms with Crippen molar-refractivity contribution < 1.29 is 13.2 Å². The number of aromatic amines is 1. The van der Waals surface area contributed by atoms with Crippen LogP contribution in [0, 0.1) is 0 Å².